The minimum atomic E-state index is -3.54. The van der Waals surface area contributed by atoms with Gasteiger partial charge >= 0.3 is 0 Å². The lowest BCUT2D eigenvalue weighted by molar-refractivity contribution is 0.210. The third kappa shape index (κ3) is 6.60. The van der Waals surface area contributed by atoms with Crippen molar-refractivity contribution in [3.05, 3.63) is 10.7 Å². The molecule has 7 nitrogen and oxygen atoms in total. The lowest BCUT2D eigenvalue weighted by atomic mass is 10.1. The van der Waals surface area contributed by atoms with Crippen LogP contribution in [-0.4, -0.2) is 99.7 Å². The highest BCUT2D eigenvalue weighted by atomic mass is 32.2. The molecule has 0 N–H and O–H groups in total. The molecule has 0 aromatic carbocycles. The summed E-state index contributed by atoms with van der Waals surface area (Å²) in [5, 5.41) is 9.66. The Kier molecular flexibility index (Phi) is 8.84. The highest BCUT2D eigenvalue weighted by Crippen LogP contribution is 2.25. The van der Waals surface area contributed by atoms with E-state index in [0.29, 0.717) is 5.82 Å². The second-order valence-corrected chi connectivity index (χ2v) is 11.0. The zero-order chi connectivity index (χ0) is 21.4. The molecule has 3 aliphatic heterocycles. The monoisotopic (exact) mass is 437 g/mol. The number of nitrogens with zero attached hydrogens (tertiary/aromatic N) is 5. The van der Waals surface area contributed by atoms with Gasteiger partial charge < -0.3 is 19.6 Å². The van der Waals surface area contributed by atoms with E-state index in [1.807, 2.05) is 6.07 Å². The molecular weight excluding hydrogens is 398 g/mol. The van der Waals surface area contributed by atoms with Crippen LogP contribution in [0.2, 0.25) is 0 Å². The molecule has 8 heteroatoms. The first kappa shape index (κ1) is 23.4. The molecule has 30 heavy (non-hydrogen) atoms. The summed E-state index contributed by atoms with van der Waals surface area (Å²) in [4.78, 5) is 9.26. The molecule has 3 fully saturated rings. The van der Waals surface area contributed by atoms with E-state index in [0.717, 1.165) is 58.4 Å². The fourth-order valence-corrected chi connectivity index (χ4v) is 5.77. The Hall–Kier alpha value is -1.30. The molecule has 0 atom stereocenters. The summed E-state index contributed by atoms with van der Waals surface area (Å²) in [7, 11) is -3.54. The Balaban J connectivity index is 1.60. The van der Waals surface area contributed by atoms with Gasteiger partial charge in [-0.3, -0.25) is 0 Å². The number of piperidine rings is 2. The van der Waals surface area contributed by atoms with Gasteiger partial charge in [0.25, 0.3) is 0 Å². The molecule has 3 heterocycles. The van der Waals surface area contributed by atoms with Gasteiger partial charge in [0.05, 0.1) is 0 Å². The molecule has 170 valence electrons. The fraction of sp³-hybridized carbons (Fsp3) is 0.864. The summed E-state index contributed by atoms with van der Waals surface area (Å²) in [6, 6.07) is 2.01. The van der Waals surface area contributed by atoms with Gasteiger partial charge in [-0.1, -0.05) is 12.8 Å². The van der Waals surface area contributed by atoms with Crippen LogP contribution in [0.3, 0.4) is 0 Å². The van der Waals surface area contributed by atoms with E-state index in [1.54, 1.807) is 0 Å². The Morgan fingerprint density at radius 3 is 1.57 bits per heavy atom. The average molecular weight is 438 g/mol. The first-order valence-electron chi connectivity index (χ1n) is 11.8. The number of sulfone groups is 1. The number of hydrogen-bond acceptors (Lipinski definition) is 7. The van der Waals surface area contributed by atoms with Crippen LogP contribution in [-0.2, 0) is 9.84 Å². The molecule has 0 spiro atoms. The van der Waals surface area contributed by atoms with E-state index in [9.17, 15) is 13.7 Å². The maximum Gasteiger partial charge on any atom is 0.189 e. The predicted octanol–water partition coefficient (Wildman–Crippen LogP) is 2.09. The van der Waals surface area contributed by atoms with Crippen molar-refractivity contribution in [2.45, 2.75) is 51.4 Å². The van der Waals surface area contributed by atoms with Gasteiger partial charge in [-0.25, -0.2) is 8.42 Å². The molecule has 0 aromatic rings. The van der Waals surface area contributed by atoms with Crippen LogP contribution in [0.1, 0.15) is 51.4 Å². The second kappa shape index (κ2) is 11.4. The smallest absolute Gasteiger partial charge is 0.189 e. The molecule has 0 bridgehead atoms. The molecule has 0 aromatic heterocycles. The summed E-state index contributed by atoms with van der Waals surface area (Å²) < 4.78 is 24.7. The molecular formula is C22H39N5O2S. The van der Waals surface area contributed by atoms with E-state index >= 15 is 0 Å². The van der Waals surface area contributed by atoms with E-state index in [2.05, 4.69) is 19.6 Å². The Morgan fingerprint density at radius 1 is 0.767 bits per heavy atom. The van der Waals surface area contributed by atoms with Gasteiger partial charge in [-0.15, -0.1) is 0 Å². The van der Waals surface area contributed by atoms with Crippen molar-refractivity contribution >= 4 is 9.84 Å². The first-order chi connectivity index (χ1) is 14.5. The number of likely N-dealkylation sites (tertiary alicyclic amines) is 2. The predicted molar refractivity (Wildman–Crippen MR) is 120 cm³/mol. The number of allylic oxidation sites excluding steroid dienone is 1. The molecule has 0 aliphatic carbocycles. The standard InChI is InChI=1S/C22H39N5O2S/c1-30(28,29)21(20-23)22-26(16-8-14-24-10-4-2-5-11-24)18-19-27(22)17-9-15-25-12-6-3-7-13-25/h2-19H2,1H3. The average Bonchev–Trinajstić information content (AvgIpc) is 3.11. The van der Waals surface area contributed by atoms with Crippen molar-refractivity contribution in [1.82, 2.24) is 19.6 Å². The lowest BCUT2D eigenvalue weighted by Gasteiger charge is -2.30. The van der Waals surface area contributed by atoms with Gasteiger partial charge in [0.2, 0.25) is 0 Å². The van der Waals surface area contributed by atoms with Gasteiger partial charge in [-0.2, -0.15) is 5.26 Å². The van der Waals surface area contributed by atoms with Crippen molar-refractivity contribution < 1.29 is 8.42 Å². The zero-order valence-electron chi connectivity index (χ0n) is 18.7. The van der Waals surface area contributed by atoms with Gasteiger partial charge in [-0.05, 0) is 77.8 Å². The van der Waals surface area contributed by atoms with E-state index in [1.165, 1.54) is 64.7 Å². The van der Waals surface area contributed by atoms with Crippen molar-refractivity contribution in [2.75, 3.05) is 71.7 Å². The minimum Gasteiger partial charge on any atom is -0.355 e. The first-order valence-corrected chi connectivity index (χ1v) is 13.7. The summed E-state index contributed by atoms with van der Waals surface area (Å²) in [6.45, 7) is 10.1. The molecule has 3 aliphatic rings. The van der Waals surface area contributed by atoms with Gasteiger partial charge in [0, 0.05) is 32.4 Å². The van der Waals surface area contributed by atoms with Crippen LogP contribution in [0.15, 0.2) is 10.7 Å². The molecule has 0 saturated carbocycles. The van der Waals surface area contributed by atoms with Crippen molar-refractivity contribution in [1.29, 1.82) is 5.26 Å². The Morgan fingerprint density at radius 2 is 1.20 bits per heavy atom. The highest BCUT2D eigenvalue weighted by molar-refractivity contribution is 7.94. The minimum absolute atomic E-state index is 0.0593. The molecule has 3 rings (SSSR count). The van der Waals surface area contributed by atoms with Crippen LogP contribution in [0.5, 0.6) is 0 Å². The normalized spacial score (nSPS) is 21.8. The number of nitriles is 1. The van der Waals surface area contributed by atoms with Crippen molar-refractivity contribution in [3.63, 3.8) is 0 Å². The highest BCUT2D eigenvalue weighted by Gasteiger charge is 2.31. The molecule has 3 saturated heterocycles. The fourth-order valence-electron chi connectivity index (χ4n) is 5.01. The summed E-state index contributed by atoms with van der Waals surface area (Å²) in [5.41, 5.74) is 0. The van der Waals surface area contributed by atoms with Crippen molar-refractivity contribution in [2.24, 2.45) is 0 Å². The van der Waals surface area contributed by atoms with Crippen LogP contribution in [0, 0.1) is 11.3 Å². The quantitative estimate of drug-likeness (QED) is 0.512. The van der Waals surface area contributed by atoms with Gasteiger partial charge in [0.15, 0.2) is 14.7 Å². The third-order valence-corrected chi connectivity index (χ3v) is 7.63. The van der Waals surface area contributed by atoms with Crippen LogP contribution < -0.4 is 0 Å². The van der Waals surface area contributed by atoms with E-state index in [4.69, 9.17) is 0 Å². The molecule has 0 radical (unpaired) electrons. The van der Waals surface area contributed by atoms with Crippen LogP contribution in [0.25, 0.3) is 0 Å². The summed E-state index contributed by atoms with van der Waals surface area (Å²) in [6.07, 6.45) is 11.0. The maximum absolute atomic E-state index is 12.3. The Bertz CT molecular complexity index is 684. The lowest BCUT2D eigenvalue weighted by Crippen LogP contribution is -2.34. The molecule has 0 unspecified atom stereocenters. The second-order valence-electron chi connectivity index (χ2n) is 9.02. The summed E-state index contributed by atoms with van der Waals surface area (Å²) >= 11 is 0. The number of rotatable bonds is 9. The van der Waals surface area contributed by atoms with Crippen molar-refractivity contribution in [3.8, 4) is 6.07 Å². The zero-order valence-corrected chi connectivity index (χ0v) is 19.5. The largest absolute Gasteiger partial charge is 0.355 e. The Labute approximate surface area is 183 Å². The topological polar surface area (TPSA) is 70.9 Å². The summed E-state index contributed by atoms with van der Waals surface area (Å²) in [5.74, 6) is 0.650. The van der Waals surface area contributed by atoms with Gasteiger partial charge in [0.1, 0.15) is 11.9 Å². The van der Waals surface area contributed by atoms with Crippen LogP contribution in [0.4, 0.5) is 0 Å². The maximum atomic E-state index is 12.3. The third-order valence-electron chi connectivity index (χ3n) is 6.62. The van der Waals surface area contributed by atoms with Crippen LogP contribution >= 0.6 is 0 Å². The van der Waals surface area contributed by atoms with E-state index < -0.39 is 9.84 Å². The van der Waals surface area contributed by atoms with E-state index in [-0.39, 0.29) is 4.91 Å². The SMILES string of the molecule is CS(=O)(=O)C(C#N)=C1N(CCCN2CCCCC2)CCN1CCCN1CCCCC1. The molecule has 0 amide bonds. The number of hydrogen-bond donors (Lipinski definition) is 0.